The summed E-state index contributed by atoms with van der Waals surface area (Å²) in [5.74, 6) is 1.82. The van der Waals surface area contributed by atoms with E-state index in [-0.39, 0.29) is 16.9 Å². The van der Waals surface area contributed by atoms with Gasteiger partial charge in [0, 0.05) is 29.4 Å². The minimum Gasteiger partial charge on any atom is -0.367 e. The van der Waals surface area contributed by atoms with E-state index in [9.17, 15) is 8.42 Å². The maximum Gasteiger partial charge on any atom is 0.240 e. The number of nitrogens with one attached hydrogen (secondary N) is 3. The molecule has 0 spiro atoms. The van der Waals surface area contributed by atoms with Gasteiger partial charge in [-0.2, -0.15) is 9.61 Å². The molecule has 0 radical (unpaired) electrons. The molecule has 1 fully saturated rings. The van der Waals surface area contributed by atoms with Crippen LogP contribution in [0.25, 0.3) is 5.65 Å². The van der Waals surface area contributed by atoms with Crippen molar-refractivity contribution in [1.29, 1.82) is 0 Å². The molecule has 1 aromatic carbocycles. The van der Waals surface area contributed by atoms with Crippen LogP contribution in [0.5, 0.6) is 0 Å². The average molecular weight is 458 g/mol. The summed E-state index contributed by atoms with van der Waals surface area (Å²) in [5, 5.41) is 11.5. The largest absolute Gasteiger partial charge is 0.367 e. The van der Waals surface area contributed by atoms with E-state index in [1.165, 1.54) is 7.05 Å². The van der Waals surface area contributed by atoms with Gasteiger partial charge >= 0.3 is 0 Å². The van der Waals surface area contributed by atoms with Gasteiger partial charge in [0.1, 0.15) is 11.6 Å². The number of nitrogens with zero attached hydrogens (tertiary/aromatic N) is 3. The fraction of sp³-hybridized carbons (Fsp3) is 0.455. The van der Waals surface area contributed by atoms with Crippen LogP contribution in [0.2, 0.25) is 0 Å². The first-order valence-electron chi connectivity index (χ1n) is 11.0. The zero-order chi connectivity index (χ0) is 22.9. The number of hydrogen-bond acceptors (Lipinski definition) is 7. The number of hydrogen-bond donors (Lipinski definition) is 4. The highest BCUT2D eigenvalue weighted by Gasteiger charge is 2.20. The average Bonchev–Trinajstić information content (AvgIpc) is 3.20. The fourth-order valence-corrected chi connectivity index (χ4v) is 4.74. The predicted molar refractivity (Wildman–Crippen MR) is 127 cm³/mol. The van der Waals surface area contributed by atoms with Gasteiger partial charge in [0.05, 0.1) is 11.1 Å². The lowest BCUT2D eigenvalue weighted by Gasteiger charge is -2.27. The summed E-state index contributed by atoms with van der Waals surface area (Å²) < 4.78 is 28.1. The molecule has 0 unspecified atom stereocenters. The molecule has 1 aliphatic carbocycles. The molecule has 5 N–H and O–H groups in total. The van der Waals surface area contributed by atoms with Crippen LogP contribution in [-0.4, -0.2) is 42.1 Å². The van der Waals surface area contributed by atoms with E-state index in [1.807, 2.05) is 12.3 Å². The van der Waals surface area contributed by atoms with E-state index in [0.717, 1.165) is 54.2 Å². The molecule has 2 aromatic heterocycles. The van der Waals surface area contributed by atoms with Crippen molar-refractivity contribution in [2.75, 3.05) is 17.7 Å². The first-order chi connectivity index (χ1) is 15.3. The fourth-order valence-electron chi connectivity index (χ4n) is 4.01. The van der Waals surface area contributed by atoms with Crippen LogP contribution in [-0.2, 0) is 10.0 Å². The molecule has 0 amide bonds. The number of nitrogens with two attached hydrogens (primary N) is 1. The Labute approximate surface area is 188 Å². The molecule has 2 heterocycles. The highest BCUT2D eigenvalue weighted by Crippen LogP contribution is 2.28. The van der Waals surface area contributed by atoms with Gasteiger partial charge in [-0.15, -0.1) is 0 Å². The van der Waals surface area contributed by atoms with Crippen molar-refractivity contribution in [3.05, 3.63) is 42.1 Å². The Morgan fingerprint density at radius 1 is 1.12 bits per heavy atom. The zero-order valence-electron chi connectivity index (χ0n) is 18.7. The van der Waals surface area contributed by atoms with Crippen molar-refractivity contribution < 1.29 is 8.42 Å². The lowest BCUT2D eigenvalue weighted by atomic mass is 9.92. The van der Waals surface area contributed by atoms with Gasteiger partial charge in [-0.3, -0.25) is 0 Å². The first-order valence-corrected chi connectivity index (χ1v) is 12.5. The van der Waals surface area contributed by atoms with E-state index in [1.54, 1.807) is 28.8 Å². The van der Waals surface area contributed by atoms with Crippen LogP contribution in [0.4, 0.5) is 17.3 Å². The Balaban J connectivity index is 1.66. The molecule has 10 heteroatoms. The summed E-state index contributed by atoms with van der Waals surface area (Å²) >= 11 is 0. The SMILES string of the molecule is CNS(=O)(=O)c1ccc(Nc2cc(NC3CCC(N)CC3)nc3c(C(C)C)cnn23)cc1. The highest BCUT2D eigenvalue weighted by atomic mass is 32.2. The van der Waals surface area contributed by atoms with Crippen LogP contribution in [0.1, 0.15) is 51.0 Å². The molecular weight excluding hydrogens is 426 g/mol. The number of sulfonamides is 1. The second-order valence-corrected chi connectivity index (χ2v) is 10.5. The Morgan fingerprint density at radius 2 is 1.81 bits per heavy atom. The highest BCUT2D eigenvalue weighted by molar-refractivity contribution is 7.89. The Bertz CT molecular complexity index is 1180. The number of benzene rings is 1. The normalized spacial score (nSPS) is 19.4. The second-order valence-electron chi connectivity index (χ2n) is 8.63. The van der Waals surface area contributed by atoms with Gasteiger partial charge in [0.2, 0.25) is 10.0 Å². The molecule has 1 aliphatic rings. The predicted octanol–water partition coefficient (Wildman–Crippen LogP) is 3.19. The van der Waals surface area contributed by atoms with E-state index < -0.39 is 10.0 Å². The van der Waals surface area contributed by atoms with Crippen molar-refractivity contribution in [1.82, 2.24) is 19.3 Å². The number of aromatic nitrogens is 3. The molecule has 9 nitrogen and oxygen atoms in total. The smallest absolute Gasteiger partial charge is 0.240 e. The maximum atomic E-state index is 12.0. The van der Waals surface area contributed by atoms with Crippen LogP contribution >= 0.6 is 0 Å². The quantitative estimate of drug-likeness (QED) is 0.429. The summed E-state index contributed by atoms with van der Waals surface area (Å²) in [4.78, 5) is 5.07. The van der Waals surface area contributed by atoms with Gasteiger partial charge < -0.3 is 16.4 Å². The van der Waals surface area contributed by atoms with Gasteiger partial charge in [-0.1, -0.05) is 13.8 Å². The Morgan fingerprint density at radius 3 is 2.44 bits per heavy atom. The molecule has 0 bridgehead atoms. The van der Waals surface area contributed by atoms with E-state index in [0.29, 0.717) is 6.04 Å². The second kappa shape index (κ2) is 9.05. The topological polar surface area (TPSA) is 126 Å². The first kappa shape index (κ1) is 22.5. The summed E-state index contributed by atoms with van der Waals surface area (Å²) in [5.41, 5.74) is 8.68. The van der Waals surface area contributed by atoms with E-state index in [2.05, 4.69) is 34.3 Å². The van der Waals surface area contributed by atoms with Crippen LogP contribution in [0, 0.1) is 0 Å². The molecule has 172 valence electrons. The minimum atomic E-state index is -3.48. The molecule has 32 heavy (non-hydrogen) atoms. The van der Waals surface area contributed by atoms with Gasteiger partial charge in [-0.25, -0.2) is 18.1 Å². The summed E-state index contributed by atoms with van der Waals surface area (Å²) in [6.07, 6.45) is 5.92. The summed E-state index contributed by atoms with van der Waals surface area (Å²) in [6.45, 7) is 4.24. The summed E-state index contributed by atoms with van der Waals surface area (Å²) in [7, 11) is -2.08. The van der Waals surface area contributed by atoms with Gasteiger partial charge in [0.15, 0.2) is 5.65 Å². The van der Waals surface area contributed by atoms with Crippen LogP contribution < -0.4 is 21.1 Å². The molecule has 0 atom stereocenters. The lowest BCUT2D eigenvalue weighted by molar-refractivity contribution is 0.410. The van der Waals surface area contributed by atoms with Crippen molar-refractivity contribution in [2.24, 2.45) is 5.73 Å². The number of fused-ring (bicyclic) bond motifs is 1. The van der Waals surface area contributed by atoms with Crippen LogP contribution in [0.3, 0.4) is 0 Å². The minimum absolute atomic E-state index is 0.212. The third kappa shape index (κ3) is 4.72. The molecule has 1 saturated carbocycles. The molecule has 3 aromatic rings. The summed E-state index contributed by atoms with van der Waals surface area (Å²) in [6, 6.07) is 9.18. The lowest BCUT2D eigenvalue weighted by Crippen LogP contribution is -2.33. The third-order valence-corrected chi connectivity index (χ3v) is 7.38. The van der Waals surface area contributed by atoms with Gasteiger partial charge in [0.25, 0.3) is 0 Å². The maximum absolute atomic E-state index is 12.0. The van der Waals surface area contributed by atoms with Crippen molar-refractivity contribution >= 4 is 33.0 Å². The van der Waals surface area contributed by atoms with Crippen molar-refractivity contribution in [2.45, 2.75) is 62.4 Å². The van der Waals surface area contributed by atoms with Crippen molar-refractivity contribution in [3.63, 3.8) is 0 Å². The molecule has 0 saturated heterocycles. The molecular formula is C22H31N7O2S. The number of anilines is 3. The number of rotatable bonds is 7. The Kier molecular flexibility index (Phi) is 6.36. The van der Waals surface area contributed by atoms with E-state index in [4.69, 9.17) is 10.7 Å². The third-order valence-electron chi connectivity index (χ3n) is 5.95. The van der Waals surface area contributed by atoms with Crippen molar-refractivity contribution in [3.8, 4) is 0 Å². The Hall–Kier alpha value is -2.69. The zero-order valence-corrected chi connectivity index (χ0v) is 19.5. The van der Waals surface area contributed by atoms with E-state index >= 15 is 0 Å². The monoisotopic (exact) mass is 457 g/mol. The van der Waals surface area contributed by atoms with Gasteiger partial charge in [-0.05, 0) is 62.9 Å². The van der Waals surface area contributed by atoms with Crippen LogP contribution in [0.15, 0.2) is 41.4 Å². The standard InChI is InChI=1S/C22H31N7O2S/c1-14(2)19-13-25-29-21(27-17-8-10-18(11-9-17)32(30,31)24-3)12-20(28-22(19)29)26-16-6-4-15(23)5-7-16/h8-16,24,27H,4-7,23H2,1-3H3,(H,26,28). The molecule has 0 aliphatic heterocycles. The molecule has 4 rings (SSSR count).